The predicted molar refractivity (Wildman–Crippen MR) is 41.9 cm³/mol. The van der Waals surface area contributed by atoms with Gasteiger partial charge in [-0.15, -0.1) is 0 Å². The Morgan fingerprint density at radius 2 is 1.18 bits per heavy atom. The maximum Gasteiger partial charge on any atom is -0.00775 e. The molecule has 11 heavy (non-hydrogen) atoms. The highest BCUT2D eigenvalue weighted by Gasteiger charge is 1.62. The van der Waals surface area contributed by atoms with Crippen LogP contribution in [0.2, 0.25) is 0 Å². The Morgan fingerprint density at radius 1 is 1.00 bits per heavy atom. The van der Waals surface area contributed by atoms with E-state index < -0.39 is 11.6 Å². The first-order chi connectivity index (χ1) is 3.83. The van der Waals surface area contributed by atoms with Gasteiger partial charge in [0.1, 0.15) is 0 Å². The topological polar surface area (TPSA) is 46.2 Å². The standard InChI is InChI=1S/C4H11N.3FH.HO2S/c1-3-5-4-2;;;;1-3-2/h5H,3-4H2,1-2H3;3*1H;3H/q;;;;-1. The van der Waals surface area contributed by atoms with Crippen LogP contribution in [0.3, 0.4) is 0 Å². The van der Waals surface area contributed by atoms with E-state index in [9.17, 15) is 0 Å². The lowest BCUT2D eigenvalue weighted by molar-refractivity contribution is 0.541. The molecule has 0 aliphatic carbocycles. The molecule has 1 N–H and O–H groups in total. The molecule has 0 aliphatic heterocycles. The van der Waals surface area contributed by atoms with Gasteiger partial charge in [-0.05, 0) is 13.1 Å². The molecule has 0 radical (unpaired) electrons. The second-order valence-electron chi connectivity index (χ2n) is 1.03. The second kappa shape index (κ2) is 53.6. The number of thiol groups is 1. The zero-order valence-electron chi connectivity index (χ0n) is 6.40. The smallest absolute Gasteiger partial charge is 0.00775 e. The molecule has 0 spiro atoms. The van der Waals surface area contributed by atoms with Crippen LogP contribution in [0.5, 0.6) is 0 Å². The highest BCUT2D eigenvalue weighted by Crippen LogP contribution is 1.47. The maximum absolute atomic E-state index is 8.35. The van der Waals surface area contributed by atoms with Crippen molar-refractivity contribution in [1.82, 2.24) is 5.32 Å². The van der Waals surface area contributed by atoms with Crippen molar-refractivity contribution in [3.63, 3.8) is 0 Å². The lowest BCUT2D eigenvalue weighted by Crippen LogP contribution is -2.09. The minimum atomic E-state index is -1.08. The van der Waals surface area contributed by atoms with Gasteiger partial charge in [-0.25, -0.2) is 0 Å². The molecule has 7 heteroatoms. The summed E-state index contributed by atoms with van der Waals surface area (Å²) < 4.78 is 16.7. The fourth-order valence-corrected chi connectivity index (χ4v) is 0.250. The van der Waals surface area contributed by atoms with Crippen molar-refractivity contribution in [3.8, 4) is 0 Å². The Bertz CT molecular complexity index is 68.4. The van der Waals surface area contributed by atoms with Crippen molar-refractivity contribution in [2.24, 2.45) is 0 Å². The van der Waals surface area contributed by atoms with Crippen LogP contribution in [0.4, 0.5) is 14.1 Å². The molecular formula is C4H15F3NO2S-. The Hall–Kier alpha value is -0.300. The molecule has 76 valence electrons. The van der Waals surface area contributed by atoms with E-state index >= 15 is 0 Å². The molecule has 0 unspecified atom stereocenters. The quantitative estimate of drug-likeness (QED) is 0.521. The number of hydrogen-bond acceptors (Lipinski definition) is 4. The molecule has 0 fully saturated rings. The van der Waals surface area contributed by atoms with Crippen molar-refractivity contribution in [1.29, 1.82) is 0 Å². The Balaban J connectivity index is -0.0000000183. The molecule has 0 aromatic carbocycles. The zero-order chi connectivity index (χ0) is 6.83. The van der Waals surface area contributed by atoms with Gasteiger partial charge >= 0.3 is 0 Å². The van der Waals surface area contributed by atoms with Gasteiger partial charge in [0.25, 0.3) is 0 Å². The summed E-state index contributed by atoms with van der Waals surface area (Å²) in [6.45, 7) is 6.39. The lowest BCUT2D eigenvalue weighted by atomic mass is 10.7. The van der Waals surface area contributed by atoms with Crippen LogP contribution in [-0.4, -0.2) is 13.1 Å². The summed E-state index contributed by atoms with van der Waals surface area (Å²) in [5.41, 5.74) is 0. The number of halogens is 3. The van der Waals surface area contributed by atoms with Crippen molar-refractivity contribution in [3.05, 3.63) is 0 Å². The van der Waals surface area contributed by atoms with Crippen LogP contribution in [0.1, 0.15) is 13.8 Å². The average molecular weight is 198 g/mol. The van der Waals surface area contributed by atoms with E-state index in [1.165, 1.54) is 0 Å². The van der Waals surface area contributed by atoms with Gasteiger partial charge in [-0.3, -0.25) is 14.1 Å². The summed E-state index contributed by atoms with van der Waals surface area (Å²) in [5.74, 6) is 0. The molecule has 0 bridgehead atoms. The van der Waals surface area contributed by atoms with E-state index in [1.54, 1.807) is 0 Å². The molecule has 3 nitrogen and oxygen atoms in total. The van der Waals surface area contributed by atoms with Gasteiger partial charge in [0.05, 0.1) is 0 Å². The third kappa shape index (κ3) is 199. The highest BCUT2D eigenvalue weighted by molar-refractivity contribution is 7.51. The summed E-state index contributed by atoms with van der Waals surface area (Å²) in [5, 5.41) is 3.11. The molecule has 0 aliphatic rings. The first kappa shape index (κ1) is 31.0. The maximum atomic E-state index is 8.35. The van der Waals surface area contributed by atoms with Crippen LogP contribution < -0.4 is 5.32 Å². The highest BCUT2D eigenvalue weighted by atomic mass is 32.1. The van der Waals surface area contributed by atoms with Crippen molar-refractivity contribution >= 4 is 11.6 Å². The van der Waals surface area contributed by atoms with E-state index in [1.807, 2.05) is 0 Å². The van der Waals surface area contributed by atoms with Crippen LogP contribution in [-0.2, 0) is 20.0 Å². The first-order valence-electron chi connectivity index (χ1n) is 2.49. The summed E-state index contributed by atoms with van der Waals surface area (Å²) in [7, 11) is 0. The van der Waals surface area contributed by atoms with Gasteiger partial charge in [0.15, 0.2) is 0 Å². The fraction of sp³-hybridized carbons (Fsp3) is 1.00. The summed E-state index contributed by atoms with van der Waals surface area (Å²) in [4.78, 5) is 0. The van der Waals surface area contributed by atoms with Crippen molar-refractivity contribution < 1.29 is 22.5 Å². The SMILES string of the molecule is CCNCC.F.F.F.O=[SH-]=O. The molecule has 0 saturated carbocycles. The van der Waals surface area contributed by atoms with Crippen molar-refractivity contribution in [2.45, 2.75) is 13.8 Å². The second-order valence-corrected chi connectivity index (χ2v) is 1.18. The van der Waals surface area contributed by atoms with Gasteiger partial charge in [-0.2, -0.15) is 0 Å². The van der Waals surface area contributed by atoms with Crippen LogP contribution in [0.15, 0.2) is 0 Å². The number of rotatable bonds is 2. The normalized spacial score (nSPS) is 5.27. The minimum Gasteiger partial charge on any atom is -0.427 e. The molecule has 0 saturated heterocycles. The first-order valence-corrected chi connectivity index (χ1v) is 3.22. The van der Waals surface area contributed by atoms with E-state index in [4.69, 9.17) is 8.42 Å². The van der Waals surface area contributed by atoms with E-state index in [2.05, 4.69) is 19.2 Å². The van der Waals surface area contributed by atoms with E-state index in [-0.39, 0.29) is 14.1 Å². The number of nitrogens with one attached hydrogen (secondary N) is 1. The van der Waals surface area contributed by atoms with Crippen molar-refractivity contribution in [2.75, 3.05) is 13.1 Å². The Kier molecular flexibility index (Phi) is 151. The summed E-state index contributed by atoms with van der Waals surface area (Å²) >= 11 is -1.08. The predicted octanol–water partition coefficient (Wildman–Crippen LogP) is 0.566. The van der Waals surface area contributed by atoms with Crippen LogP contribution >= 0.6 is 0 Å². The number of hydrogen-bond donors (Lipinski definition) is 1. The van der Waals surface area contributed by atoms with Crippen LogP contribution in [0, 0.1) is 0 Å². The third-order valence-corrected chi connectivity index (χ3v) is 0.500. The van der Waals surface area contributed by atoms with Gasteiger partial charge in [0, 0.05) is 0 Å². The van der Waals surface area contributed by atoms with Gasteiger partial charge < -0.3 is 13.7 Å². The summed E-state index contributed by atoms with van der Waals surface area (Å²) in [6.07, 6.45) is 0. The zero-order valence-corrected chi connectivity index (χ0v) is 7.30. The van der Waals surface area contributed by atoms with E-state index in [0.717, 1.165) is 13.1 Å². The lowest BCUT2D eigenvalue weighted by Gasteiger charge is -1.86. The Morgan fingerprint density at radius 3 is 1.18 bits per heavy atom. The monoisotopic (exact) mass is 198 g/mol. The van der Waals surface area contributed by atoms with Crippen LogP contribution in [0.25, 0.3) is 0 Å². The van der Waals surface area contributed by atoms with E-state index in [0.29, 0.717) is 0 Å². The Labute approximate surface area is 67.3 Å². The fourth-order valence-electron chi connectivity index (χ4n) is 0.250. The molecular weight excluding hydrogens is 183 g/mol. The molecule has 0 aromatic rings. The summed E-state index contributed by atoms with van der Waals surface area (Å²) in [6, 6.07) is 0. The van der Waals surface area contributed by atoms with Gasteiger partial charge in [-0.1, -0.05) is 25.4 Å². The molecule has 0 amide bonds. The molecule has 0 rings (SSSR count). The average Bonchev–Trinajstić information content (AvgIpc) is 1.71. The largest absolute Gasteiger partial charge is 0.427 e. The molecule has 0 atom stereocenters. The van der Waals surface area contributed by atoms with Gasteiger partial charge in [0.2, 0.25) is 0 Å². The molecule has 0 heterocycles. The molecule has 0 aromatic heterocycles. The third-order valence-electron chi connectivity index (χ3n) is 0.500. The minimum absolute atomic E-state index is 0.